The van der Waals surface area contributed by atoms with Gasteiger partial charge < -0.3 is 19.6 Å². The number of hydrogen-bond acceptors (Lipinski definition) is 5. The Kier molecular flexibility index (Phi) is 4.86. The first-order chi connectivity index (χ1) is 8.85. The summed E-state index contributed by atoms with van der Waals surface area (Å²) in [6.45, 7) is 5.24. The minimum absolute atomic E-state index is 0.436. The van der Waals surface area contributed by atoms with Gasteiger partial charge in [-0.15, -0.1) is 0 Å². The van der Waals surface area contributed by atoms with Crippen molar-refractivity contribution in [3.05, 3.63) is 23.9 Å². The van der Waals surface area contributed by atoms with E-state index < -0.39 is 17.7 Å². The van der Waals surface area contributed by atoms with Crippen molar-refractivity contribution >= 4 is 12.4 Å². The molecule has 1 N–H and O–H groups in total. The van der Waals surface area contributed by atoms with Crippen molar-refractivity contribution in [2.45, 2.75) is 32.4 Å². The zero-order chi connectivity index (χ0) is 14.5. The molecule has 0 aliphatic rings. The molecule has 1 aromatic heterocycles. The number of pyridine rings is 1. The van der Waals surface area contributed by atoms with Gasteiger partial charge in [-0.3, -0.25) is 0 Å². The molecule has 0 fully saturated rings. The molecule has 0 saturated heterocycles. The minimum atomic E-state index is -0.798. The highest BCUT2D eigenvalue weighted by molar-refractivity contribution is 5.74. The van der Waals surface area contributed by atoms with E-state index in [1.807, 2.05) is 0 Å². The monoisotopic (exact) mass is 266 g/mol. The zero-order valence-corrected chi connectivity index (χ0v) is 11.5. The lowest BCUT2D eigenvalue weighted by molar-refractivity contribution is -0.109. The summed E-state index contributed by atoms with van der Waals surface area (Å²) in [7, 11) is 1.50. The molecule has 6 nitrogen and oxygen atoms in total. The number of carbonyl (C=O) groups is 2. The smallest absolute Gasteiger partial charge is 0.408 e. The second-order valence-corrected chi connectivity index (χ2v) is 4.89. The number of aldehydes is 1. The van der Waals surface area contributed by atoms with Crippen LogP contribution < -0.4 is 10.1 Å². The van der Waals surface area contributed by atoms with Gasteiger partial charge in [-0.2, -0.15) is 0 Å². The number of nitrogens with one attached hydrogen (secondary N) is 1. The maximum Gasteiger partial charge on any atom is 0.408 e. The molecule has 0 radical (unpaired) electrons. The summed E-state index contributed by atoms with van der Waals surface area (Å²) >= 11 is 0. The van der Waals surface area contributed by atoms with Crippen LogP contribution in [0.3, 0.4) is 0 Å². The summed E-state index contributed by atoms with van der Waals surface area (Å²) in [5.74, 6) is 0.436. The number of amides is 1. The summed E-state index contributed by atoms with van der Waals surface area (Å²) < 4.78 is 10.0. The molecule has 0 aliphatic heterocycles. The summed E-state index contributed by atoms with van der Waals surface area (Å²) in [6, 6.07) is 2.47. The fraction of sp³-hybridized carbons (Fsp3) is 0.462. The van der Waals surface area contributed by atoms with Crippen molar-refractivity contribution in [3.63, 3.8) is 0 Å². The van der Waals surface area contributed by atoms with Crippen LogP contribution >= 0.6 is 0 Å². The molecular weight excluding hydrogens is 248 g/mol. The summed E-state index contributed by atoms with van der Waals surface area (Å²) in [4.78, 5) is 26.6. The molecule has 1 heterocycles. The first-order valence-corrected chi connectivity index (χ1v) is 5.80. The van der Waals surface area contributed by atoms with E-state index in [-0.39, 0.29) is 0 Å². The van der Waals surface area contributed by atoms with E-state index in [1.54, 1.807) is 32.9 Å². The molecule has 1 rings (SSSR count). The van der Waals surface area contributed by atoms with Crippen LogP contribution in [0.25, 0.3) is 0 Å². The van der Waals surface area contributed by atoms with Gasteiger partial charge in [-0.25, -0.2) is 9.78 Å². The largest absolute Gasteiger partial charge is 0.481 e. The zero-order valence-electron chi connectivity index (χ0n) is 11.5. The van der Waals surface area contributed by atoms with Crippen LogP contribution in [0.2, 0.25) is 0 Å². The third-order valence-corrected chi connectivity index (χ3v) is 2.14. The van der Waals surface area contributed by atoms with Gasteiger partial charge in [0, 0.05) is 17.8 Å². The highest BCUT2D eigenvalue weighted by atomic mass is 16.6. The SMILES string of the molecule is COc1ccc(C(C=O)NC(=O)OC(C)(C)C)cn1. The van der Waals surface area contributed by atoms with Crippen LogP contribution in [0, 0.1) is 0 Å². The number of alkyl carbamates (subject to hydrolysis) is 1. The Morgan fingerprint density at radius 3 is 2.53 bits per heavy atom. The average molecular weight is 266 g/mol. The van der Waals surface area contributed by atoms with E-state index >= 15 is 0 Å². The van der Waals surface area contributed by atoms with Gasteiger partial charge in [0.05, 0.1) is 7.11 Å². The van der Waals surface area contributed by atoms with E-state index in [4.69, 9.17) is 9.47 Å². The Labute approximate surface area is 112 Å². The van der Waals surface area contributed by atoms with Crippen molar-refractivity contribution in [2.75, 3.05) is 7.11 Å². The molecule has 0 aromatic carbocycles. The molecule has 1 atom stereocenters. The first-order valence-electron chi connectivity index (χ1n) is 5.80. The van der Waals surface area contributed by atoms with Crippen LogP contribution in [0.15, 0.2) is 18.3 Å². The summed E-state index contributed by atoms with van der Waals surface area (Å²) in [5, 5.41) is 2.47. The number of carbonyl (C=O) groups excluding carboxylic acids is 2. The molecule has 19 heavy (non-hydrogen) atoms. The topological polar surface area (TPSA) is 77.5 Å². The van der Waals surface area contributed by atoms with Crippen LogP contribution in [0.5, 0.6) is 5.88 Å². The lowest BCUT2D eigenvalue weighted by Gasteiger charge is -2.21. The first kappa shape index (κ1) is 14.9. The maximum absolute atomic E-state index is 11.6. The average Bonchev–Trinajstić information content (AvgIpc) is 2.34. The van der Waals surface area contributed by atoms with Gasteiger partial charge in [0.2, 0.25) is 5.88 Å². The Morgan fingerprint density at radius 1 is 1.42 bits per heavy atom. The van der Waals surface area contributed by atoms with Gasteiger partial charge in [0.15, 0.2) is 0 Å². The summed E-state index contributed by atoms with van der Waals surface area (Å²) in [5.41, 5.74) is -0.0583. The van der Waals surface area contributed by atoms with E-state index in [2.05, 4.69) is 10.3 Å². The van der Waals surface area contributed by atoms with Crippen molar-refractivity contribution in [1.82, 2.24) is 10.3 Å². The van der Waals surface area contributed by atoms with Crippen molar-refractivity contribution < 1.29 is 19.1 Å². The molecule has 1 aromatic rings. The lowest BCUT2D eigenvalue weighted by atomic mass is 10.1. The fourth-order valence-electron chi connectivity index (χ4n) is 1.33. The van der Waals surface area contributed by atoms with Crippen molar-refractivity contribution in [2.24, 2.45) is 0 Å². The molecule has 1 amide bonds. The van der Waals surface area contributed by atoms with Crippen molar-refractivity contribution in [3.8, 4) is 5.88 Å². The molecule has 0 saturated carbocycles. The number of hydrogen-bond donors (Lipinski definition) is 1. The number of ether oxygens (including phenoxy) is 2. The van der Waals surface area contributed by atoms with Crippen LogP contribution in [-0.2, 0) is 9.53 Å². The van der Waals surface area contributed by atoms with Crippen molar-refractivity contribution in [1.29, 1.82) is 0 Å². The number of nitrogens with zero attached hydrogens (tertiary/aromatic N) is 1. The number of rotatable bonds is 4. The van der Waals surface area contributed by atoms with Crippen LogP contribution in [0.4, 0.5) is 4.79 Å². The van der Waals surface area contributed by atoms with E-state index in [9.17, 15) is 9.59 Å². The van der Waals surface area contributed by atoms with Crippen LogP contribution in [0.1, 0.15) is 32.4 Å². The Balaban J connectivity index is 2.72. The molecule has 1 unspecified atom stereocenters. The Bertz CT molecular complexity index is 437. The molecule has 6 heteroatoms. The quantitative estimate of drug-likeness (QED) is 0.841. The third-order valence-electron chi connectivity index (χ3n) is 2.14. The number of methoxy groups -OCH3 is 1. The Morgan fingerprint density at radius 2 is 2.11 bits per heavy atom. The van der Waals surface area contributed by atoms with Gasteiger partial charge >= 0.3 is 6.09 Å². The van der Waals surface area contributed by atoms with Gasteiger partial charge in [0.25, 0.3) is 0 Å². The summed E-state index contributed by atoms with van der Waals surface area (Å²) in [6.07, 6.45) is 1.43. The second-order valence-electron chi connectivity index (χ2n) is 4.89. The molecule has 0 aliphatic carbocycles. The molecule has 0 bridgehead atoms. The van der Waals surface area contributed by atoms with E-state index in [0.29, 0.717) is 17.7 Å². The fourth-order valence-corrected chi connectivity index (χ4v) is 1.33. The maximum atomic E-state index is 11.6. The third kappa shape index (κ3) is 4.95. The standard InChI is InChI=1S/C13H18N2O4/c1-13(2,3)19-12(17)15-10(8-16)9-5-6-11(18-4)14-7-9/h5-8,10H,1-4H3,(H,15,17). The number of aromatic nitrogens is 1. The molecule has 0 spiro atoms. The predicted octanol–water partition coefficient (Wildman–Crippen LogP) is 1.85. The van der Waals surface area contributed by atoms with E-state index in [1.165, 1.54) is 13.3 Å². The van der Waals surface area contributed by atoms with Gasteiger partial charge in [0.1, 0.15) is 17.9 Å². The minimum Gasteiger partial charge on any atom is -0.481 e. The predicted molar refractivity (Wildman–Crippen MR) is 69.0 cm³/mol. The van der Waals surface area contributed by atoms with Crippen LogP contribution in [-0.4, -0.2) is 30.1 Å². The van der Waals surface area contributed by atoms with E-state index in [0.717, 1.165) is 0 Å². The highest BCUT2D eigenvalue weighted by Crippen LogP contribution is 2.14. The Hall–Kier alpha value is -2.11. The normalized spacial score (nSPS) is 12.4. The lowest BCUT2D eigenvalue weighted by Crippen LogP contribution is -2.35. The second kappa shape index (κ2) is 6.17. The highest BCUT2D eigenvalue weighted by Gasteiger charge is 2.20. The molecular formula is C13H18N2O4. The van der Waals surface area contributed by atoms with Gasteiger partial charge in [-0.05, 0) is 26.8 Å². The molecule has 104 valence electrons. The van der Waals surface area contributed by atoms with Gasteiger partial charge in [-0.1, -0.05) is 0 Å².